The number of nitrogen functional groups attached to an aromatic ring is 1. The molecular weight excluding hydrogens is 292 g/mol. The van der Waals surface area contributed by atoms with Gasteiger partial charge in [0, 0.05) is 6.42 Å². The van der Waals surface area contributed by atoms with Gasteiger partial charge in [0.2, 0.25) is 0 Å². The van der Waals surface area contributed by atoms with Crippen LogP contribution in [0.4, 0.5) is 5.82 Å². The van der Waals surface area contributed by atoms with Crippen molar-refractivity contribution in [2.45, 2.75) is 31.4 Å². The zero-order valence-corrected chi connectivity index (χ0v) is 12.8. The summed E-state index contributed by atoms with van der Waals surface area (Å²) in [5, 5.41) is 21.9. The summed E-state index contributed by atoms with van der Waals surface area (Å²) in [6, 6.07) is 9.88. The predicted octanol–water partition coefficient (Wildman–Crippen LogP) is 2.07. The van der Waals surface area contributed by atoms with Crippen molar-refractivity contribution < 1.29 is 5.11 Å². The maximum Gasteiger partial charge on any atom is 0.189 e. The van der Waals surface area contributed by atoms with Crippen LogP contribution in [0.1, 0.15) is 30.3 Å². The maximum absolute atomic E-state index is 10.4. The van der Waals surface area contributed by atoms with Crippen molar-refractivity contribution in [3.8, 4) is 0 Å². The van der Waals surface area contributed by atoms with Gasteiger partial charge in [0.1, 0.15) is 5.82 Å². The van der Waals surface area contributed by atoms with E-state index in [0.717, 1.165) is 5.56 Å². The van der Waals surface area contributed by atoms with Crippen molar-refractivity contribution >= 4 is 12.0 Å². The van der Waals surface area contributed by atoms with Crippen LogP contribution >= 0.6 is 0 Å². The number of aromatic nitrogens is 2. The molecule has 23 heavy (non-hydrogen) atoms. The Morgan fingerprint density at radius 3 is 2.70 bits per heavy atom. The van der Waals surface area contributed by atoms with Gasteiger partial charge >= 0.3 is 0 Å². The molecule has 7 nitrogen and oxygen atoms in total. The Morgan fingerprint density at radius 2 is 2.04 bits per heavy atom. The Kier molecular flexibility index (Phi) is 4.12. The topological polar surface area (TPSA) is 109 Å². The van der Waals surface area contributed by atoms with Crippen molar-refractivity contribution in [2.24, 2.45) is 15.4 Å². The van der Waals surface area contributed by atoms with Crippen molar-refractivity contribution in [2.75, 3.05) is 5.73 Å². The first kappa shape index (κ1) is 15.2. The van der Waals surface area contributed by atoms with E-state index in [1.54, 1.807) is 0 Å². The second-order valence-corrected chi connectivity index (χ2v) is 5.43. The zero-order valence-electron chi connectivity index (χ0n) is 12.8. The van der Waals surface area contributed by atoms with E-state index >= 15 is 0 Å². The molecule has 0 spiro atoms. The number of hydrogen-bond donors (Lipinski definition) is 2. The Labute approximate surface area is 134 Å². The first-order valence-corrected chi connectivity index (χ1v) is 7.46. The van der Waals surface area contributed by atoms with Crippen LogP contribution in [0.2, 0.25) is 0 Å². The molecule has 7 heteroatoms. The van der Waals surface area contributed by atoms with Gasteiger partial charge in [-0.1, -0.05) is 37.3 Å². The molecule has 0 amide bonds. The fourth-order valence-electron chi connectivity index (χ4n) is 2.54. The lowest BCUT2D eigenvalue weighted by Gasteiger charge is -2.25. The Bertz CT molecular complexity index is 731. The molecule has 0 aliphatic carbocycles. The highest BCUT2D eigenvalue weighted by molar-refractivity contribution is 5.74. The quantitative estimate of drug-likeness (QED) is 0.880. The van der Waals surface area contributed by atoms with Crippen molar-refractivity contribution in [3.63, 3.8) is 0 Å². The molecule has 0 saturated carbocycles. The van der Waals surface area contributed by atoms with Crippen LogP contribution in [0.15, 0.2) is 52.0 Å². The molecule has 1 aliphatic rings. The van der Waals surface area contributed by atoms with Gasteiger partial charge in [-0.25, -0.2) is 9.97 Å². The van der Waals surface area contributed by atoms with Crippen LogP contribution in [0, 0.1) is 0 Å². The molecule has 1 aromatic heterocycles. The molecule has 2 unspecified atom stereocenters. The summed E-state index contributed by atoms with van der Waals surface area (Å²) in [5.41, 5.74) is 7.10. The summed E-state index contributed by atoms with van der Waals surface area (Å²) in [6.07, 6.45) is 3.30. The van der Waals surface area contributed by atoms with Crippen LogP contribution in [0.5, 0.6) is 0 Å². The van der Waals surface area contributed by atoms with Gasteiger partial charge in [0.15, 0.2) is 5.54 Å². The smallest absolute Gasteiger partial charge is 0.189 e. The Hall–Kier alpha value is -2.67. The van der Waals surface area contributed by atoms with E-state index in [1.807, 2.05) is 37.3 Å². The van der Waals surface area contributed by atoms with Crippen LogP contribution < -0.4 is 5.73 Å². The van der Waals surface area contributed by atoms with Gasteiger partial charge in [0.05, 0.1) is 29.9 Å². The lowest BCUT2D eigenvalue weighted by Crippen LogP contribution is -2.39. The SMILES string of the molecule is CCC(O)C1(c2cnc(N)c(Cc3ccccc3)n2)C=NN=N1. The van der Waals surface area contributed by atoms with Crippen LogP contribution in [0.3, 0.4) is 0 Å². The van der Waals surface area contributed by atoms with E-state index in [1.165, 1.54) is 12.4 Å². The molecule has 1 aromatic carbocycles. The maximum atomic E-state index is 10.4. The summed E-state index contributed by atoms with van der Waals surface area (Å²) in [6.45, 7) is 1.86. The van der Waals surface area contributed by atoms with Gasteiger partial charge in [-0.3, -0.25) is 0 Å². The summed E-state index contributed by atoms with van der Waals surface area (Å²) in [4.78, 5) is 8.82. The fourth-order valence-corrected chi connectivity index (χ4v) is 2.54. The lowest BCUT2D eigenvalue weighted by molar-refractivity contribution is 0.114. The molecule has 0 saturated heterocycles. The first-order chi connectivity index (χ1) is 11.2. The fraction of sp³-hybridized carbons (Fsp3) is 0.312. The van der Waals surface area contributed by atoms with Gasteiger partial charge in [-0.05, 0) is 17.2 Å². The second-order valence-electron chi connectivity index (χ2n) is 5.43. The van der Waals surface area contributed by atoms with Gasteiger partial charge in [-0.15, -0.1) is 10.2 Å². The van der Waals surface area contributed by atoms with E-state index in [4.69, 9.17) is 5.73 Å². The highest BCUT2D eigenvalue weighted by Gasteiger charge is 2.42. The first-order valence-electron chi connectivity index (χ1n) is 7.46. The summed E-state index contributed by atoms with van der Waals surface area (Å²) in [5.74, 6) is 0.366. The Morgan fingerprint density at radius 1 is 1.26 bits per heavy atom. The highest BCUT2D eigenvalue weighted by Crippen LogP contribution is 2.32. The monoisotopic (exact) mass is 310 g/mol. The Balaban J connectivity index is 2.00. The van der Waals surface area contributed by atoms with Gasteiger partial charge in [-0.2, -0.15) is 0 Å². The van der Waals surface area contributed by atoms with Crippen LogP contribution in [-0.2, 0) is 12.0 Å². The standard InChI is InChI=1S/C16H18N6O/c1-2-14(23)16(10-19-22-21-16)13-9-18-15(17)12(20-13)8-11-6-4-3-5-7-11/h3-7,9-10,14,23H,2,8H2,1H3,(H2,17,18). The van der Waals surface area contributed by atoms with Crippen LogP contribution in [0.25, 0.3) is 0 Å². The third-order valence-electron chi connectivity index (χ3n) is 3.91. The molecule has 1 aliphatic heterocycles. The molecule has 0 fully saturated rings. The molecular formula is C16H18N6O. The average Bonchev–Trinajstić information content (AvgIpc) is 3.08. The average molecular weight is 310 g/mol. The van der Waals surface area contributed by atoms with E-state index in [2.05, 4.69) is 25.4 Å². The summed E-state index contributed by atoms with van der Waals surface area (Å²) in [7, 11) is 0. The number of benzene rings is 1. The highest BCUT2D eigenvalue weighted by atomic mass is 16.3. The second kappa shape index (κ2) is 6.21. The van der Waals surface area contributed by atoms with Crippen LogP contribution in [-0.4, -0.2) is 27.4 Å². The molecule has 3 rings (SSSR count). The molecule has 2 aromatic rings. The molecule has 118 valence electrons. The molecule has 2 heterocycles. The molecule has 3 N–H and O–H groups in total. The zero-order chi connectivity index (χ0) is 16.3. The van der Waals surface area contributed by atoms with E-state index in [0.29, 0.717) is 30.0 Å². The number of nitrogens with zero attached hydrogens (tertiary/aromatic N) is 5. The lowest BCUT2D eigenvalue weighted by atomic mass is 9.89. The summed E-state index contributed by atoms with van der Waals surface area (Å²) < 4.78 is 0. The third kappa shape index (κ3) is 2.83. The number of nitrogens with two attached hydrogens (primary N) is 1. The number of aliphatic hydroxyl groups excluding tert-OH is 1. The normalized spacial score (nSPS) is 20.8. The van der Waals surface area contributed by atoms with E-state index in [-0.39, 0.29) is 0 Å². The minimum atomic E-state index is -1.08. The molecule has 0 bridgehead atoms. The van der Waals surface area contributed by atoms with Crippen molar-refractivity contribution in [1.82, 2.24) is 9.97 Å². The van der Waals surface area contributed by atoms with Gasteiger partial charge < -0.3 is 10.8 Å². The number of aliphatic hydroxyl groups is 1. The number of rotatable bonds is 5. The largest absolute Gasteiger partial charge is 0.390 e. The van der Waals surface area contributed by atoms with Crippen molar-refractivity contribution in [1.29, 1.82) is 0 Å². The third-order valence-corrected chi connectivity index (χ3v) is 3.91. The van der Waals surface area contributed by atoms with E-state index in [9.17, 15) is 5.11 Å². The minimum absolute atomic E-state index is 0.366. The van der Waals surface area contributed by atoms with Crippen molar-refractivity contribution in [3.05, 3.63) is 53.5 Å². The summed E-state index contributed by atoms with van der Waals surface area (Å²) >= 11 is 0. The number of anilines is 1. The predicted molar refractivity (Wildman–Crippen MR) is 87.0 cm³/mol. The molecule has 0 radical (unpaired) electrons. The number of hydrogen-bond acceptors (Lipinski definition) is 7. The van der Waals surface area contributed by atoms with Gasteiger partial charge in [0.25, 0.3) is 0 Å². The van der Waals surface area contributed by atoms with E-state index < -0.39 is 11.6 Å². The molecule has 2 atom stereocenters. The minimum Gasteiger partial charge on any atom is -0.390 e.